The van der Waals surface area contributed by atoms with Crippen LogP contribution in [0.15, 0.2) is 30.3 Å². The van der Waals surface area contributed by atoms with Gasteiger partial charge < -0.3 is 4.74 Å². The van der Waals surface area contributed by atoms with Gasteiger partial charge in [-0.2, -0.15) is 0 Å². The van der Waals surface area contributed by atoms with Crippen LogP contribution in [-0.2, 0) is 15.3 Å². The van der Waals surface area contributed by atoms with Gasteiger partial charge in [0.1, 0.15) is 0 Å². The lowest BCUT2D eigenvalue weighted by molar-refractivity contribution is -0.140. The van der Waals surface area contributed by atoms with Crippen molar-refractivity contribution in [1.82, 2.24) is 0 Å². The first-order chi connectivity index (χ1) is 9.68. The Balaban J connectivity index is 1.95. The molecule has 0 radical (unpaired) electrons. The highest BCUT2D eigenvalue weighted by Gasteiger charge is 2.03. The maximum Gasteiger partial charge on any atom is 0.315 e. The van der Waals surface area contributed by atoms with E-state index in [-0.39, 0.29) is 5.97 Å². The second kappa shape index (κ2) is 10.8. The molecular formula is C17H26O2S. The van der Waals surface area contributed by atoms with E-state index in [4.69, 9.17) is 4.74 Å². The first-order valence-corrected chi connectivity index (χ1v) is 8.61. The highest BCUT2D eigenvalue weighted by molar-refractivity contribution is 7.99. The van der Waals surface area contributed by atoms with Crippen LogP contribution in [0.3, 0.4) is 0 Å². The van der Waals surface area contributed by atoms with Crippen molar-refractivity contribution in [3.05, 3.63) is 35.9 Å². The van der Waals surface area contributed by atoms with E-state index in [1.165, 1.54) is 18.4 Å². The molecule has 0 aliphatic heterocycles. The third-order valence-electron chi connectivity index (χ3n) is 3.02. The van der Waals surface area contributed by atoms with Gasteiger partial charge in [-0.25, -0.2) is 0 Å². The molecule has 0 aliphatic rings. The van der Waals surface area contributed by atoms with E-state index < -0.39 is 0 Å². The molecule has 0 heterocycles. The number of carbonyl (C=O) groups is 1. The second-order valence-corrected chi connectivity index (χ2v) is 6.43. The first kappa shape index (κ1) is 17.1. The number of rotatable bonds is 10. The minimum absolute atomic E-state index is 0.0882. The smallest absolute Gasteiger partial charge is 0.315 e. The monoisotopic (exact) mass is 294 g/mol. The van der Waals surface area contributed by atoms with Crippen LogP contribution in [-0.4, -0.2) is 18.3 Å². The maximum atomic E-state index is 11.5. The van der Waals surface area contributed by atoms with Gasteiger partial charge >= 0.3 is 5.97 Å². The molecule has 1 rings (SSSR count). The van der Waals surface area contributed by atoms with Crippen molar-refractivity contribution in [2.24, 2.45) is 5.92 Å². The van der Waals surface area contributed by atoms with Crippen molar-refractivity contribution >= 4 is 17.7 Å². The van der Waals surface area contributed by atoms with Crippen molar-refractivity contribution in [2.75, 3.05) is 12.4 Å². The lowest BCUT2D eigenvalue weighted by atomic mass is 10.1. The Hall–Kier alpha value is -0.960. The fourth-order valence-electron chi connectivity index (χ4n) is 1.89. The molecule has 0 spiro atoms. The molecule has 3 heteroatoms. The number of benzene rings is 1. The fourth-order valence-corrected chi connectivity index (χ4v) is 2.67. The molecule has 0 saturated carbocycles. The second-order valence-electron chi connectivity index (χ2n) is 5.44. The van der Waals surface area contributed by atoms with Crippen LogP contribution in [0.1, 0.15) is 45.1 Å². The maximum absolute atomic E-state index is 11.5. The SMILES string of the molecule is CC(C)CCCCCOC(=O)CSCc1ccccc1. The van der Waals surface area contributed by atoms with Crippen molar-refractivity contribution in [1.29, 1.82) is 0 Å². The summed E-state index contributed by atoms with van der Waals surface area (Å²) < 4.78 is 5.23. The van der Waals surface area contributed by atoms with Crippen LogP contribution >= 0.6 is 11.8 Å². The van der Waals surface area contributed by atoms with E-state index in [9.17, 15) is 4.79 Å². The van der Waals surface area contributed by atoms with E-state index in [0.29, 0.717) is 12.4 Å². The zero-order chi connectivity index (χ0) is 14.6. The Labute approximate surface area is 127 Å². The van der Waals surface area contributed by atoms with Crippen LogP contribution < -0.4 is 0 Å². The summed E-state index contributed by atoms with van der Waals surface area (Å²) in [4.78, 5) is 11.5. The molecule has 1 aromatic rings. The Morgan fingerprint density at radius 1 is 1.15 bits per heavy atom. The number of ether oxygens (including phenoxy) is 1. The molecule has 2 nitrogen and oxygen atoms in total. The van der Waals surface area contributed by atoms with E-state index in [0.717, 1.165) is 24.5 Å². The van der Waals surface area contributed by atoms with Crippen LogP contribution in [0.2, 0.25) is 0 Å². The molecule has 0 N–H and O–H groups in total. The highest BCUT2D eigenvalue weighted by Crippen LogP contribution is 2.12. The Bertz CT molecular complexity index is 363. The Morgan fingerprint density at radius 3 is 2.60 bits per heavy atom. The summed E-state index contributed by atoms with van der Waals surface area (Å²) in [5, 5.41) is 0. The molecule has 0 aliphatic carbocycles. The molecule has 0 bridgehead atoms. The van der Waals surface area contributed by atoms with Gasteiger partial charge in [0.15, 0.2) is 0 Å². The molecule has 0 fully saturated rings. The average molecular weight is 294 g/mol. The predicted octanol–water partition coefficient (Wildman–Crippen LogP) is 4.68. The quantitative estimate of drug-likeness (QED) is 0.463. The topological polar surface area (TPSA) is 26.3 Å². The van der Waals surface area contributed by atoms with Gasteiger partial charge in [-0.05, 0) is 17.9 Å². The molecule has 0 aromatic heterocycles. The zero-order valence-corrected chi connectivity index (χ0v) is 13.5. The standard InChI is InChI=1S/C17H26O2S/c1-15(2)9-5-4-8-12-19-17(18)14-20-13-16-10-6-3-7-11-16/h3,6-7,10-11,15H,4-5,8-9,12-14H2,1-2H3. The summed E-state index contributed by atoms with van der Waals surface area (Å²) in [7, 11) is 0. The van der Waals surface area contributed by atoms with E-state index in [1.54, 1.807) is 11.8 Å². The van der Waals surface area contributed by atoms with Crippen LogP contribution in [0.5, 0.6) is 0 Å². The van der Waals surface area contributed by atoms with Crippen LogP contribution in [0.25, 0.3) is 0 Å². The van der Waals surface area contributed by atoms with Crippen molar-refractivity contribution in [3.63, 3.8) is 0 Å². The van der Waals surface area contributed by atoms with Gasteiger partial charge in [-0.15, -0.1) is 11.8 Å². The fraction of sp³-hybridized carbons (Fsp3) is 0.588. The van der Waals surface area contributed by atoms with Gasteiger partial charge in [0.25, 0.3) is 0 Å². The molecule has 0 saturated heterocycles. The lowest BCUT2D eigenvalue weighted by Gasteiger charge is -2.06. The summed E-state index contributed by atoms with van der Waals surface area (Å²) >= 11 is 1.61. The van der Waals surface area contributed by atoms with Crippen molar-refractivity contribution < 1.29 is 9.53 Å². The molecule has 0 atom stereocenters. The molecule has 0 amide bonds. The number of thioether (sulfide) groups is 1. The van der Waals surface area contributed by atoms with Crippen molar-refractivity contribution in [2.45, 2.75) is 45.3 Å². The van der Waals surface area contributed by atoms with Gasteiger partial charge in [0.05, 0.1) is 12.4 Å². The van der Waals surface area contributed by atoms with Crippen LogP contribution in [0.4, 0.5) is 0 Å². The molecule has 112 valence electrons. The minimum atomic E-state index is -0.0882. The first-order valence-electron chi connectivity index (χ1n) is 7.46. The number of unbranched alkanes of at least 4 members (excludes halogenated alkanes) is 2. The highest BCUT2D eigenvalue weighted by atomic mass is 32.2. The molecule has 20 heavy (non-hydrogen) atoms. The van der Waals surface area contributed by atoms with Gasteiger partial charge in [0, 0.05) is 5.75 Å². The third kappa shape index (κ3) is 9.03. The van der Waals surface area contributed by atoms with Crippen molar-refractivity contribution in [3.8, 4) is 0 Å². The molecule has 1 aromatic carbocycles. The zero-order valence-electron chi connectivity index (χ0n) is 12.6. The Morgan fingerprint density at radius 2 is 1.90 bits per heavy atom. The van der Waals surface area contributed by atoms with E-state index >= 15 is 0 Å². The molecular weight excluding hydrogens is 268 g/mol. The third-order valence-corrected chi connectivity index (χ3v) is 4.00. The van der Waals surface area contributed by atoms with E-state index in [1.807, 2.05) is 18.2 Å². The van der Waals surface area contributed by atoms with Gasteiger partial charge in [-0.1, -0.05) is 63.4 Å². The largest absolute Gasteiger partial charge is 0.465 e. The number of carbonyl (C=O) groups excluding carboxylic acids is 1. The summed E-state index contributed by atoms with van der Waals surface area (Å²) in [6.07, 6.45) is 4.64. The number of esters is 1. The predicted molar refractivity (Wildman–Crippen MR) is 86.9 cm³/mol. The lowest BCUT2D eigenvalue weighted by Crippen LogP contribution is -2.08. The minimum Gasteiger partial charge on any atom is -0.465 e. The Kier molecular flexibility index (Phi) is 9.22. The molecule has 0 unspecified atom stereocenters. The van der Waals surface area contributed by atoms with Gasteiger partial charge in [-0.3, -0.25) is 4.79 Å². The number of hydrogen-bond donors (Lipinski definition) is 0. The summed E-state index contributed by atoms with van der Waals surface area (Å²) in [6.45, 7) is 5.05. The summed E-state index contributed by atoms with van der Waals surface area (Å²) in [5.41, 5.74) is 1.25. The van der Waals surface area contributed by atoms with Gasteiger partial charge in [0.2, 0.25) is 0 Å². The average Bonchev–Trinajstić information content (AvgIpc) is 2.43. The van der Waals surface area contributed by atoms with E-state index in [2.05, 4.69) is 26.0 Å². The number of hydrogen-bond acceptors (Lipinski definition) is 3. The van der Waals surface area contributed by atoms with Crippen LogP contribution in [0, 0.1) is 5.92 Å². The normalized spacial score (nSPS) is 10.8. The summed E-state index contributed by atoms with van der Waals surface area (Å²) in [6, 6.07) is 10.2. The summed E-state index contributed by atoms with van der Waals surface area (Å²) in [5.74, 6) is 1.99.